The summed E-state index contributed by atoms with van der Waals surface area (Å²) in [6.45, 7) is 2.36. The Morgan fingerprint density at radius 3 is 2.74 bits per heavy atom. The molecule has 0 aliphatic carbocycles. The van der Waals surface area contributed by atoms with E-state index in [1.807, 2.05) is 0 Å². The van der Waals surface area contributed by atoms with Gasteiger partial charge in [0.2, 0.25) is 0 Å². The summed E-state index contributed by atoms with van der Waals surface area (Å²) in [7, 11) is 0. The second kappa shape index (κ2) is 8.12. The van der Waals surface area contributed by atoms with Crippen molar-refractivity contribution in [1.82, 2.24) is 4.90 Å². The first kappa shape index (κ1) is 16.7. The average molecular weight is 319 g/mol. The second-order valence-electron chi connectivity index (χ2n) is 4.87. The number of hydrogen-bond donors (Lipinski definition) is 0. The van der Waals surface area contributed by atoms with E-state index in [0.29, 0.717) is 5.76 Å². The second-order valence-corrected chi connectivity index (χ2v) is 4.87. The lowest BCUT2D eigenvalue weighted by molar-refractivity contribution is -0.143. The SMILES string of the molecule is CCOC(=O)CCN(Cc1ccco1)C(=O)c1cccc(F)c1. The van der Waals surface area contributed by atoms with Crippen molar-refractivity contribution in [3.8, 4) is 0 Å². The highest BCUT2D eigenvalue weighted by atomic mass is 19.1. The Morgan fingerprint density at radius 2 is 2.09 bits per heavy atom. The third-order valence-corrected chi connectivity index (χ3v) is 3.18. The highest BCUT2D eigenvalue weighted by Crippen LogP contribution is 2.12. The first-order valence-corrected chi connectivity index (χ1v) is 7.33. The molecular weight excluding hydrogens is 301 g/mol. The molecule has 0 unspecified atom stereocenters. The van der Waals surface area contributed by atoms with Crippen molar-refractivity contribution in [3.63, 3.8) is 0 Å². The zero-order valence-electron chi connectivity index (χ0n) is 12.8. The maximum absolute atomic E-state index is 13.3. The van der Waals surface area contributed by atoms with E-state index in [1.165, 1.54) is 35.4 Å². The summed E-state index contributed by atoms with van der Waals surface area (Å²) in [5, 5.41) is 0. The number of nitrogens with zero attached hydrogens (tertiary/aromatic N) is 1. The molecule has 0 radical (unpaired) electrons. The van der Waals surface area contributed by atoms with Crippen molar-refractivity contribution in [1.29, 1.82) is 0 Å². The summed E-state index contributed by atoms with van der Waals surface area (Å²) in [5.74, 6) is -0.660. The summed E-state index contributed by atoms with van der Waals surface area (Å²) >= 11 is 0. The Kier molecular flexibility index (Phi) is 5.91. The molecule has 0 saturated carbocycles. The first-order valence-electron chi connectivity index (χ1n) is 7.33. The molecule has 1 aromatic heterocycles. The van der Waals surface area contributed by atoms with Crippen LogP contribution in [0.25, 0.3) is 0 Å². The van der Waals surface area contributed by atoms with Crippen LogP contribution in [0.5, 0.6) is 0 Å². The number of halogens is 1. The van der Waals surface area contributed by atoms with E-state index in [0.717, 1.165) is 0 Å². The van der Waals surface area contributed by atoms with Crippen LogP contribution in [-0.4, -0.2) is 29.9 Å². The van der Waals surface area contributed by atoms with Crippen LogP contribution in [0.2, 0.25) is 0 Å². The zero-order valence-corrected chi connectivity index (χ0v) is 12.8. The fourth-order valence-electron chi connectivity index (χ4n) is 2.11. The molecule has 6 heteroatoms. The lowest BCUT2D eigenvalue weighted by atomic mass is 10.2. The number of furan rings is 1. The quantitative estimate of drug-likeness (QED) is 0.736. The fourth-order valence-corrected chi connectivity index (χ4v) is 2.11. The van der Waals surface area contributed by atoms with Gasteiger partial charge < -0.3 is 14.1 Å². The Morgan fingerprint density at radius 1 is 1.26 bits per heavy atom. The van der Waals surface area contributed by atoms with Gasteiger partial charge in [0.15, 0.2) is 0 Å². The Labute approximate surface area is 133 Å². The maximum Gasteiger partial charge on any atom is 0.307 e. The van der Waals surface area contributed by atoms with Crippen molar-refractivity contribution in [2.24, 2.45) is 0 Å². The summed E-state index contributed by atoms with van der Waals surface area (Å²) in [6.07, 6.45) is 1.57. The standard InChI is InChI=1S/C17H18FNO4/c1-2-22-16(20)8-9-19(12-15-7-4-10-23-15)17(21)13-5-3-6-14(18)11-13/h3-7,10-11H,2,8-9,12H2,1H3. The molecule has 1 heterocycles. The van der Waals surface area contributed by atoms with E-state index < -0.39 is 5.82 Å². The Hall–Kier alpha value is -2.63. The molecule has 2 rings (SSSR count). The van der Waals surface area contributed by atoms with Crippen LogP contribution in [-0.2, 0) is 16.1 Å². The van der Waals surface area contributed by atoms with Crippen molar-refractivity contribution < 1.29 is 23.1 Å². The van der Waals surface area contributed by atoms with E-state index in [1.54, 1.807) is 19.1 Å². The van der Waals surface area contributed by atoms with Crippen LogP contribution in [0, 0.1) is 5.82 Å². The molecule has 122 valence electrons. The number of rotatable bonds is 7. The van der Waals surface area contributed by atoms with Gasteiger partial charge >= 0.3 is 5.97 Å². The number of amides is 1. The van der Waals surface area contributed by atoms with E-state index in [2.05, 4.69) is 0 Å². The zero-order chi connectivity index (χ0) is 16.7. The first-order chi connectivity index (χ1) is 11.1. The van der Waals surface area contributed by atoms with Gasteiger partial charge in [-0.3, -0.25) is 9.59 Å². The molecule has 23 heavy (non-hydrogen) atoms. The number of ether oxygens (including phenoxy) is 1. The molecule has 0 fully saturated rings. The minimum Gasteiger partial charge on any atom is -0.467 e. The molecule has 1 aromatic carbocycles. The fraction of sp³-hybridized carbons (Fsp3) is 0.294. The molecule has 0 saturated heterocycles. The molecular formula is C17H18FNO4. The maximum atomic E-state index is 13.3. The minimum atomic E-state index is -0.487. The summed E-state index contributed by atoms with van der Waals surface area (Å²) in [6, 6.07) is 8.89. The molecule has 2 aromatic rings. The van der Waals surface area contributed by atoms with Gasteiger partial charge in [-0.2, -0.15) is 0 Å². The van der Waals surface area contributed by atoms with E-state index in [4.69, 9.17) is 9.15 Å². The molecule has 5 nitrogen and oxygen atoms in total. The normalized spacial score (nSPS) is 10.3. The van der Waals surface area contributed by atoms with Crippen molar-refractivity contribution in [2.45, 2.75) is 19.9 Å². The van der Waals surface area contributed by atoms with Crippen LogP contribution in [0.15, 0.2) is 47.1 Å². The molecule has 0 atom stereocenters. The summed E-state index contributed by atoms with van der Waals surface area (Å²) in [5.41, 5.74) is 0.223. The van der Waals surface area contributed by atoms with Gasteiger partial charge in [-0.1, -0.05) is 6.07 Å². The molecule has 0 N–H and O–H groups in total. The molecule has 0 bridgehead atoms. The number of hydrogen-bond acceptors (Lipinski definition) is 4. The van der Waals surface area contributed by atoms with Crippen LogP contribution in [0.3, 0.4) is 0 Å². The molecule has 0 aliphatic heterocycles. The van der Waals surface area contributed by atoms with Gasteiger partial charge in [-0.25, -0.2) is 4.39 Å². The van der Waals surface area contributed by atoms with E-state index in [9.17, 15) is 14.0 Å². The van der Waals surface area contributed by atoms with Crippen LogP contribution >= 0.6 is 0 Å². The highest BCUT2D eigenvalue weighted by Gasteiger charge is 2.19. The van der Waals surface area contributed by atoms with E-state index >= 15 is 0 Å². The molecule has 1 amide bonds. The summed E-state index contributed by atoms with van der Waals surface area (Å²) in [4.78, 5) is 25.5. The van der Waals surface area contributed by atoms with Crippen LogP contribution in [0.1, 0.15) is 29.5 Å². The van der Waals surface area contributed by atoms with Gasteiger partial charge in [-0.05, 0) is 37.3 Å². The van der Waals surface area contributed by atoms with Gasteiger partial charge in [0.05, 0.1) is 25.8 Å². The lowest BCUT2D eigenvalue weighted by Crippen LogP contribution is -2.32. The topological polar surface area (TPSA) is 59.8 Å². The molecule has 0 spiro atoms. The predicted molar refractivity (Wildman–Crippen MR) is 81.1 cm³/mol. The van der Waals surface area contributed by atoms with Gasteiger partial charge in [0.25, 0.3) is 5.91 Å². The minimum absolute atomic E-state index is 0.0651. The smallest absolute Gasteiger partial charge is 0.307 e. The van der Waals surface area contributed by atoms with Crippen molar-refractivity contribution >= 4 is 11.9 Å². The highest BCUT2D eigenvalue weighted by molar-refractivity contribution is 5.94. The molecule has 0 aliphatic rings. The lowest BCUT2D eigenvalue weighted by Gasteiger charge is -2.21. The summed E-state index contributed by atoms with van der Waals surface area (Å²) < 4.78 is 23.4. The van der Waals surface area contributed by atoms with Crippen molar-refractivity contribution in [3.05, 3.63) is 59.8 Å². The third kappa shape index (κ3) is 4.95. The van der Waals surface area contributed by atoms with Crippen LogP contribution < -0.4 is 0 Å². The predicted octanol–water partition coefficient (Wildman–Crippen LogP) is 3.01. The number of benzene rings is 1. The third-order valence-electron chi connectivity index (χ3n) is 3.18. The van der Waals surface area contributed by atoms with E-state index in [-0.39, 0.29) is 43.6 Å². The average Bonchev–Trinajstić information content (AvgIpc) is 3.04. The van der Waals surface area contributed by atoms with Crippen LogP contribution in [0.4, 0.5) is 4.39 Å². The van der Waals surface area contributed by atoms with Crippen molar-refractivity contribution in [2.75, 3.05) is 13.2 Å². The van der Waals surface area contributed by atoms with Gasteiger partial charge in [0.1, 0.15) is 11.6 Å². The Bertz CT molecular complexity index is 654. The Balaban J connectivity index is 2.11. The largest absolute Gasteiger partial charge is 0.467 e. The monoisotopic (exact) mass is 319 g/mol. The number of carbonyl (C=O) groups excluding carboxylic acids is 2. The number of esters is 1. The van der Waals surface area contributed by atoms with Gasteiger partial charge in [-0.15, -0.1) is 0 Å². The van der Waals surface area contributed by atoms with Gasteiger partial charge in [0, 0.05) is 12.1 Å². The number of carbonyl (C=O) groups is 2.